The van der Waals surface area contributed by atoms with E-state index in [0.29, 0.717) is 18.7 Å². The minimum atomic E-state index is -0.491. The highest BCUT2D eigenvalue weighted by Crippen LogP contribution is 2.30. The zero-order valence-electron chi connectivity index (χ0n) is 23.6. The molecule has 2 heterocycles. The standard InChI is InChI=1S/C30H40N6O3/c1-30(2,3)39-29(38)32-16-20-36(5)18-10-17-35(4)19-15-31-28(37)25-21-11-6-8-13-23(21)33-26-22-12-7-9-14-24(22)34-27(25)26/h6-9,11-14,34H,10,15-20H2,1-5H3,(H,31,37)(H,32,38). The molecule has 0 fully saturated rings. The number of fused-ring (bicyclic) bond motifs is 4. The molecular weight excluding hydrogens is 492 g/mol. The van der Waals surface area contributed by atoms with Gasteiger partial charge in [-0.25, -0.2) is 9.78 Å². The monoisotopic (exact) mass is 532 g/mol. The number of H-pyrrole nitrogens is 1. The van der Waals surface area contributed by atoms with E-state index in [-0.39, 0.29) is 12.0 Å². The molecule has 0 unspecified atom stereocenters. The number of pyridine rings is 1. The molecule has 0 atom stereocenters. The Morgan fingerprint density at radius 3 is 2.18 bits per heavy atom. The molecule has 9 heteroatoms. The van der Waals surface area contributed by atoms with Gasteiger partial charge in [0.15, 0.2) is 0 Å². The maximum Gasteiger partial charge on any atom is 0.407 e. The number of aromatic amines is 1. The van der Waals surface area contributed by atoms with Crippen LogP contribution in [0.4, 0.5) is 4.79 Å². The van der Waals surface area contributed by atoms with E-state index in [1.165, 1.54) is 0 Å². The SMILES string of the molecule is CN(CCCN(C)CCNC(=O)c1c2ccccc2nc2c1[nH]c1ccccc12)CCNC(=O)OC(C)(C)C. The maximum absolute atomic E-state index is 13.4. The van der Waals surface area contributed by atoms with Gasteiger partial charge in [0.25, 0.3) is 5.91 Å². The molecule has 0 saturated carbocycles. The van der Waals surface area contributed by atoms with Gasteiger partial charge in [0.1, 0.15) is 5.60 Å². The van der Waals surface area contributed by atoms with Crippen LogP contribution in [0, 0.1) is 0 Å². The predicted octanol–water partition coefficient (Wildman–Crippen LogP) is 4.38. The van der Waals surface area contributed by atoms with Crippen LogP contribution in [0.2, 0.25) is 0 Å². The lowest BCUT2D eigenvalue weighted by Gasteiger charge is -2.22. The topological polar surface area (TPSA) is 103 Å². The second-order valence-electron chi connectivity index (χ2n) is 11.0. The van der Waals surface area contributed by atoms with Crippen LogP contribution in [0.25, 0.3) is 32.8 Å². The number of carbonyl (C=O) groups excluding carboxylic acids is 2. The van der Waals surface area contributed by atoms with Crippen LogP contribution >= 0.6 is 0 Å². The van der Waals surface area contributed by atoms with Crippen LogP contribution in [0.1, 0.15) is 37.6 Å². The third kappa shape index (κ3) is 7.46. The normalized spacial score (nSPS) is 12.1. The van der Waals surface area contributed by atoms with Crippen LogP contribution in [0.3, 0.4) is 0 Å². The second-order valence-corrected chi connectivity index (χ2v) is 11.0. The largest absolute Gasteiger partial charge is 0.444 e. The smallest absolute Gasteiger partial charge is 0.407 e. The van der Waals surface area contributed by atoms with E-state index in [9.17, 15) is 9.59 Å². The molecule has 3 N–H and O–H groups in total. The van der Waals surface area contributed by atoms with Crippen molar-refractivity contribution in [2.24, 2.45) is 0 Å². The Morgan fingerprint density at radius 1 is 0.872 bits per heavy atom. The van der Waals surface area contributed by atoms with Gasteiger partial charge >= 0.3 is 6.09 Å². The van der Waals surface area contributed by atoms with E-state index in [0.717, 1.165) is 65.4 Å². The van der Waals surface area contributed by atoms with Gasteiger partial charge in [0.05, 0.1) is 22.1 Å². The highest BCUT2D eigenvalue weighted by Gasteiger charge is 2.19. The van der Waals surface area contributed by atoms with Gasteiger partial charge in [-0.15, -0.1) is 0 Å². The number of likely N-dealkylation sites (N-methyl/N-ethyl adjacent to an activating group) is 2. The van der Waals surface area contributed by atoms with Crippen molar-refractivity contribution < 1.29 is 14.3 Å². The first-order valence-corrected chi connectivity index (χ1v) is 13.5. The molecule has 4 rings (SSSR count). The van der Waals surface area contributed by atoms with Crippen molar-refractivity contribution in [3.8, 4) is 0 Å². The quantitative estimate of drug-likeness (QED) is 0.265. The summed E-state index contributed by atoms with van der Waals surface area (Å²) >= 11 is 0. The van der Waals surface area contributed by atoms with Crippen molar-refractivity contribution in [3.63, 3.8) is 0 Å². The first-order chi connectivity index (χ1) is 18.6. The number of benzene rings is 2. The molecule has 208 valence electrons. The lowest BCUT2D eigenvalue weighted by Crippen LogP contribution is -2.38. The van der Waals surface area contributed by atoms with E-state index >= 15 is 0 Å². The minimum absolute atomic E-state index is 0.101. The van der Waals surface area contributed by atoms with Gasteiger partial charge < -0.3 is 30.2 Å². The molecule has 9 nitrogen and oxygen atoms in total. The van der Waals surface area contributed by atoms with Crippen molar-refractivity contribution in [2.75, 3.05) is 53.4 Å². The van der Waals surface area contributed by atoms with Crippen molar-refractivity contribution in [1.82, 2.24) is 30.4 Å². The molecule has 0 saturated heterocycles. The fraction of sp³-hybridized carbons (Fsp3) is 0.433. The van der Waals surface area contributed by atoms with E-state index in [1.54, 1.807) is 0 Å². The van der Waals surface area contributed by atoms with Crippen molar-refractivity contribution >= 4 is 44.8 Å². The van der Waals surface area contributed by atoms with Gasteiger partial charge in [-0.05, 0) is 66.5 Å². The third-order valence-corrected chi connectivity index (χ3v) is 6.58. The average Bonchev–Trinajstić information content (AvgIpc) is 3.24. The first kappa shape index (κ1) is 28.3. The van der Waals surface area contributed by atoms with Gasteiger partial charge in [0, 0.05) is 42.5 Å². The fourth-order valence-electron chi connectivity index (χ4n) is 4.64. The molecule has 0 radical (unpaired) electrons. The molecule has 0 aliphatic rings. The van der Waals surface area contributed by atoms with E-state index in [2.05, 4.69) is 32.5 Å². The Labute approximate surface area is 229 Å². The van der Waals surface area contributed by atoms with Gasteiger partial charge in [-0.1, -0.05) is 36.4 Å². The molecular formula is C30H40N6O3. The number of ether oxygens (including phenoxy) is 1. The summed E-state index contributed by atoms with van der Waals surface area (Å²) in [4.78, 5) is 37.9. The zero-order valence-corrected chi connectivity index (χ0v) is 23.6. The first-order valence-electron chi connectivity index (χ1n) is 13.5. The van der Waals surface area contributed by atoms with Crippen LogP contribution in [0.5, 0.6) is 0 Å². The molecule has 0 bridgehead atoms. The van der Waals surface area contributed by atoms with Gasteiger partial charge in [-0.3, -0.25) is 4.79 Å². The minimum Gasteiger partial charge on any atom is -0.444 e. The molecule has 0 spiro atoms. The second kappa shape index (κ2) is 12.4. The number of nitrogens with one attached hydrogen (secondary N) is 3. The number of hydrogen-bond acceptors (Lipinski definition) is 6. The summed E-state index contributed by atoms with van der Waals surface area (Å²) in [5, 5.41) is 7.76. The number of rotatable bonds is 11. The fourth-order valence-corrected chi connectivity index (χ4v) is 4.64. The summed E-state index contributed by atoms with van der Waals surface area (Å²) in [6, 6.07) is 15.8. The summed E-state index contributed by atoms with van der Waals surface area (Å²) in [6.45, 7) is 9.95. The van der Waals surface area contributed by atoms with E-state index < -0.39 is 5.60 Å². The van der Waals surface area contributed by atoms with Crippen molar-refractivity contribution in [1.29, 1.82) is 0 Å². The summed E-state index contributed by atoms with van der Waals surface area (Å²) in [5.74, 6) is -0.101. The Morgan fingerprint density at radius 2 is 1.49 bits per heavy atom. The molecule has 2 aromatic carbocycles. The Balaban J connectivity index is 1.26. The summed E-state index contributed by atoms with van der Waals surface area (Å²) in [6.07, 6.45) is 0.598. The number of hydrogen-bond donors (Lipinski definition) is 3. The Bertz CT molecular complexity index is 1440. The number of carbonyl (C=O) groups is 2. The Hall–Kier alpha value is -3.69. The van der Waals surface area contributed by atoms with Crippen LogP contribution in [-0.2, 0) is 4.74 Å². The number of amides is 2. The van der Waals surface area contributed by atoms with Crippen LogP contribution < -0.4 is 10.6 Å². The van der Waals surface area contributed by atoms with E-state index in [4.69, 9.17) is 9.72 Å². The third-order valence-electron chi connectivity index (χ3n) is 6.58. The highest BCUT2D eigenvalue weighted by atomic mass is 16.6. The lowest BCUT2D eigenvalue weighted by atomic mass is 10.1. The molecule has 4 aromatic rings. The molecule has 2 aromatic heterocycles. The number of aromatic nitrogens is 2. The van der Waals surface area contributed by atoms with Crippen molar-refractivity contribution in [3.05, 3.63) is 54.1 Å². The number of para-hydroxylation sites is 2. The average molecular weight is 533 g/mol. The summed E-state index contributed by atoms with van der Waals surface area (Å²) < 4.78 is 5.26. The maximum atomic E-state index is 13.4. The predicted molar refractivity (Wildman–Crippen MR) is 157 cm³/mol. The molecule has 2 amide bonds. The lowest BCUT2D eigenvalue weighted by molar-refractivity contribution is 0.0523. The molecule has 39 heavy (non-hydrogen) atoms. The van der Waals surface area contributed by atoms with E-state index in [1.807, 2.05) is 76.3 Å². The molecule has 0 aliphatic heterocycles. The van der Waals surface area contributed by atoms with Crippen LogP contribution in [0.15, 0.2) is 48.5 Å². The number of alkyl carbamates (subject to hydrolysis) is 1. The summed E-state index contributed by atoms with van der Waals surface area (Å²) in [7, 11) is 4.11. The van der Waals surface area contributed by atoms with Gasteiger partial charge in [0.2, 0.25) is 0 Å². The highest BCUT2D eigenvalue weighted by molar-refractivity contribution is 6.20. The molecule has 0 aliphatic carbocycles. The van der Waals surface area contributed by atoms with Crippen molar-refractivity contribution in [2.45, 2.75) is 32.8 Å². The Kier molecular flexibility index (Phi) is 9.04. The zero-order chi connectivity index (χ0) is 28.0. The van der Waals surface area contributed by atoms with Crippen LogP contribution in [-0.4, -0.2) is 90.7 Å². The van der Waals surface area contributed by atoms with Gasteiger partial charge in [-0.2, -0.15) is 0 Å². The summed E-state index contributed by atoms with van der Waals surface area (Å²) in [5.41, 5.74) is 3.50. The number of nitrogens with zero attached hydrogens (tertiary/aromatic N) is 3.